The van der Waals surface area contributed by atoms with Gasteiger partial charge in [0.05, 0.1) is 0 Å². The Morgan fingerprint density at radius 1 is 1.36 bits per heavy atom. The molecule has 0 N–H and O–H groups in total. The average Bonchev–Trinajstić information content (AvgIpc) is 2.61. The summed E-state index contributed by atoms with van der Waals surface area (Å²) in [7, 11) is 1.42. The van der Waals surface area contributed by atoms with E-state index in [2.05, 4.69) is 48.9 Å². The normalized spacial score (nSPS) is 18.2. The summed E-state index contributed by atoms with van der Waals surface area (Å²) in [4.78, 5) is 16.8. The van der Waals surface area contributed by atoms with E-state index in [1.165, 1.54) is 40.6 Å². The van der Waals surface area contributed by atoms with Crippen LogP contribution in [0, 0.1) is 16.2 Å². The van der Waals surface area contributed by atoms with Crippen LogP contribution in [0.4, 0.5) is 0 Å². The second-order valence-corrected chi connectivity index (χ2v) is 9.79. The molecule has 1 heterocycles. The van der Waals surface area contributed by atoms with Gasteiger partial charge in [0.15, 0.2) is 0 Å². The van der Waals surface area contributed by atoms with Crippen molar-refractivity contribution < 1.29 is 9.53 Å². The molecule has 0 bridgehead atoms. The van der Waals surface area contributed by atoms with E-state index in [1.807, 2.05) is 17.8 Å². The van der Waals surface area contributed by atoms with Gasteiger partial charge in [-0.05, 0) is 0 Å². The summed E-state index contributed by atoms with van der Waals surface area (Å²) in [5, 5.41) is 0. The number of carbonyl (C=O) groups is 1. The molecule has 0 amide bonds. The van der Waals surface area contributed by atoms with Gasteiger partial charge in [0.25, 0.3) is 0 Å². The van der Waals surface area contributed by atoms with Gasteiger partial charge in [-0.2, -0.15) is 0 Å². The Hall–Kier alpha value is -1.40. The minimum atomic E-state index is -0.295. The van der Waals surface area contributed by atoms with Gasteiger partial charge in [-0.1, -0.05) is 0 Å². The third kappa shape index (κ3) is 4.42. The summed E-state index contributed by atoms with van der Waals surface area (Å²) >= 11 is 2.05. The number of aryl methyl sites for hydroxylation is 1. The van der Waals surface area contributed by atoms with Crippen molar-refractivity contribution in [2.45, 2.75) is 38.0 Å². The van der Waals surface area contributed by atoms with Crippen molar-refractivity contribution in [3.63, 3.8) is 0 Å². The maximum atomic E-state index is 12.0. The van der Waals surface area contributed by atoms with Gasteiger partial charge in [-0.25, -0.2) is 0 Å². The zero-order valence-electron chi connectivity index (χ0n) is 14.8. The number of hydrogen-bond acceptors (Lipinski definition) is 3. The number of methoxy groups -OCH3 is 1. The molecule has 2 nitrogen and oxygen atoms in total. The standard InChI is InChI=1S/C21H22O2SSe/c1-21(2)11-9-17(20(22)23-3)16(14-21)10-13-25-18-8-4-6-15-7-5-12-24-19(15)18/h4,6,8-9,11H,5,7,12,14H2,1-3H3. The van der Waals surface area contributed by atoms with Gasteiger partial charge < -0.3 is 0 Å². The van der Waals surface area contributed by atoms with E-state index >= 15 is 0 Å². The monoisotopic (exact) mass is 418 g/mol. The summed E-state index contributed by atoms with van der Waals surface area (Å²) in [5.41, 5.74) is 3.00. The van der Waals surface area contributed by atoms with Crippen molar-refractivity contribution in [3.05, 3.63) is 47.1 Å². The fraction of sp³-hybridized carbons (Fsp3) is 0.381. The second kappa shape index (κ2) is 7.87. The zero-order chi connectivity index (χ0) is 17.9. The minimum absolute atomic E-state index is 0.0241. The number of ether oxygens (including phenoxy) is 1. The van der Waals surface area contributed by atoms with Crippen LogP contribution in [0.3, 0.4) is 0 Å². The van der Waals surface area contributed by atoms with Crippen molar-refractivity contribution in [3.8, 4) is 10.7 Å². The molecule has 1 aliphatic heterocycles. The number of esters is 1. The molecular weight excluding hydrogens is 395 g/mol. The number of carbonyl (C=O) groups excluding carboxylic acids is 1. The van der Waals surface area contributed by atoms with Crippen LogP contribution in [0.1, 0.15) is 32.3 Å². The summed E-state index contributed by atoms with van der Waals surface area (Å²) in [6.07, 6.45) is 7.15. The van der Waals surface area contributed by atoms with Crippen molar-refractivity contribution in [2.75, 3.05) is 12.9 Å². The molecule has 1 aromatic carbocycles. The topological polar surface area (TPSA) is 26.3 Å². The third-order valence-corrected chi connectivity index (χ3v) is 7.48. The molecule has 0 saturated heterocycles. The van der Waals surface area contributed by atoms with E-state index in [-0.39, 0.29) is 26.3 Å². The summed E-state index contributed by atoms with van der Waals surface area (Å²) in [5.74, 6) is 4.20. The van der Waals surface area contributed by atoms with Crippen LogP contribution in [0.5, 0.6) is 0 Å². The molecule has 0 unspecified atom stereocenters. The number of allylic oxidation sites excluding steroid dienone is 2. The molecule has 0 aromatic heterocycles. The first kappa shape index (κ1) is 18.4. The Kier molecular flexibility index (Phi) is 5.79. The third-order valence-electron chi connectivity index (χ3n) is 4.32. The molecule has 25 heavy (non-hydrogen) atoms. The number of hydrogen-bond donors (Lipinski definition) is 0. The molecule has 1 aliphatic carbocycles. The van der Waals surface area contributed by atoms with Gasteiger partial charge in [0, 0.05) is 0 Å². The van der Waals surface area contributed by atoms with Crippen LogP contribution < -0.4 is 4.46 Å². The molecular formula is C21H22O2SSe. The van der Waals surface area contributed by atoms with Crippen LogP contribution >= 0.6 is 11.8 Å². The van der Waals surface area contributed by atoms with Gasteiger partial charge >= 0.3 is 161 Å². The molecule has 130 valence electrons. The molecule has 0 fully saturated rings. The molecule has 1 aromatic rings. The van der Waals surface area contributed by atoms with Crippen LogP contribution in [0.2, 0.25) is 0 Å². The van der Waals surface area contributed by atoms with Crippen LogP contribution in [0.15, 0.2) is 46.4 Å². The number of fused-ring (bicyclic) bond motifs is 1. The fourth-order valence-corrected chi connectivity index (χ4v) is 6.03. The van der Waals surface area contributed by atoms with Gasteiger partial charge in [0.2, 0.25) is 0 Å². The first-order valence-corrected chi connectivity index (χ1v) is 11.1. The number of rotatable bonds is 2. The van der Waals surface area contributed by atoms with Crippen molar-refractivity contribution in [1.82, 2.24) is 0 Å². The molecule has 2 aliphatic rings. The van der Waals surface area contributed by atoms with Crippen LogP contribution in [-0.2, 0) is 16.0 Å². The fourth-order valence-electron chi connectivity index (χ4n) is 3.01. The quantitative estimate of drug-likeness (QED) is 0.419. The Bertz CT molecular complexity index is 809. The predicted molar refractivity (Wildman–Crippen MR) is 105 cm³/mol. The molecule has 4 heteroatoms. The van der Waals surface area contributed by atoms with Crippen molar-refractivity contribution >= 4 is 37.1 Å². The molecule has 0 saturated carbocycles. The molecule has 3 rings (SSSR count). The van der Waals surface area contributed by atoms with E-state index in [9.17, 15) is 4.79 Å². The molecule has 0 atom stereocenters. The van der Waals surface area contributed by atoms with E-state index < -0.39 is 0 Å². The van der Waals surface area contributed by atoms with E-state index in [4.69, 9.17) is 4.74 Å². The molecule has 0 spiro atoms. The van der Waals surface area contributed by atoms with E-state index in [0.29, 0.717) is 5.57 Å². The summed E-state index contributed by atoms with van der Waals surface area (Å²) in [6, 6.07) is 6.59. The first-order chi connectivity index (χ1) is 12.0. The SMILES string of the molecule is COC(=O)C1=C(C#C[Se]c2cccc3c2SCCC3)CC(C)(C)C=C1. The number of benzene rings is 1. The maximum absolute atomic E-state index is 12.0. The van der Waals surface area contributed by atoms with Crippen molar-refractivity contribution in [1.29, 1.82) is 0 Å². The van der Waals surface area contributed by atoms with Crippen molar-refractivity contribution in [2.24, 2.45) is 5.41 Å². The Labute approximate surface area is 160 Å². The second-order valence-electron chi connectivity index (χ2n) is 6.91. The van der Waals surface area contributed by atoms with Crippen LogP contribution in [0.25, 0.3) is 0 Å². The number of thioether (sulfide) groups is 1. The van der Waals surface area contributed by atoms with Gasteiger partial charge in [0.1, 0.15) is 0 Å². The summed E-state index contributed by atoms with van der Waals surface area (Å²) in [6.45, 7) is 4.32. The van der Waals surface area contributed by atoms with Crippen LogP contribution in [-0.4, -0.2) is 33.8 Å². The summed E-state index contributed by atoms with van der Waals surface area (Å²) < 4.78 is 6.28. The average molecular weight is 417 g/mol. The van der Waals surface area contributed by atoms with E-state index in [1.54, 1.807) is 0 Å². The predicted octanol–water partition coefficient (Wildman–Crippen LogP) is 3.47. The van der Waals surface area contributed by atoms with E-state index in [0.717, 1.165) is 12.0 Å². The zero-order valence-corrected chi connectivity index (χ0v) is 17.4. The molecule has 0 radical (unpaired) electrons. The van der Waals surface area contributed by atoms with Gasteiger partial charge in [-0.3, -0.25) is 0 Å². The Morgan fingerprint density at radius 2 is 2.20 bits per heavy atom. The Balaban J connectivity index is 1.85. The van der Waals surface area contributed by atoms with Gasteiger partial charge in [-0.15, -0.1) is 0 Å². The Morgan fingerprint density at radius 3 is 3.00 bits per heavy atom. The first-order valence-electron chi connectivity index (χ1n) is 8.43.